The maximum Gasteiger partial charge on any atom is 0.274 e. The molecule has 0 N–H and O–H groups in total. The zero-order valence-corrected chi connectivity index (χ0v) is 19.2. The van der Waals surface area contributed by atoms with E-state index in [0.29, 0.717) is 17.8 Å². The third-order valence-electron chi connectivity index (χ3n) is 8.72. The molecule has 0 spiro atoms. The van der Waals surface area contributed by atoms with Gasteiger partial charge in [-0.1, -0.05) is 43.3 Å². The predicted molar refractivity (Wildman–Crippen MR) is 126 cm³/mol. The topological polar surface area (TPSA) is 40.9 Å². The fourth-order valence-corrected chi connectivity index (χ4v) is 7.20. The molecule has 2 saturated heterocycles. The smallest absolute Gasteiger partial charge is 0.274 e. The van der Waals surface area contributed by atoms with Crippen molar-refractivity contribution in [1.82, 2.24) is 19.2 Å². The van der Waals surface area contributed by atoms with E-state index in [9.17, 15) is 4.79 Å². The van der Waals surface area contributed by atoms with Crippen molar-refractivity contribution in [1.29, 1.82) is 0 Å². The van der Waals surface area contributed by atoms with Gasteiger partial charge in [0.05, 0.1) is 6.04 Å². The second kappa shape index (κ2) is 7.17. The third-order valence-corrected chi connectivity index (χ3v) is 8.72. The van der Waals surface area contributed by atoms with Gasteiger partial charge in [-0.3, -0.25) is 9.69 Å². The number of pyridine rings is 1. The van der Waals surface area contributed by atoms with Crippen molar-refractivity contribution in [3.8, 4) is 0 Å². The van der Waals surface area contributed by atoms with E-state index in [0.717, 1.165) is 24.2 Å². The highest BCUT2D eigenvalue weighted by atomic mass is 16.2. The second-order valence-corrected chi connectivity index (χ2v) is 10.4. The van der Waals surface area contributed by atoms with Crippen LogP contribution in [0.2, 0.25) is 0 Å². The average molecular weight is 429 g/mol. The van der Waals surface area contributed by atoms with E-state index in [1.807, 2.05) is 22.7 Å². The van der Waals surface area contributed by atoms with E-state index in [-0.39, 0.29) is 23.4 Å². The van der Waals surface area contributed by atoms with Gasteiger partial charge < -0.3 is 9.30 Å². The Bertz CT molecular complexity index is 1170. The summed E-state index contributed by atoms with van der Waals surface area (Å²) in [6, 6.07) is 18.1. The SMILES string of the molecule is Cc1cccc2nc(C(=O)N3[C@H](Cc4ccccc4)[C@@H]4C[C@@]5(C)[C@H](CCC[C@@H]35)N4C)cn12. The average Bonchev–Trinajstić information content (AvgIpc) is 3.34. The Morgan fingerprint density at radius 3 is 2.66 bits per heavy atom. The van der Waals surface area contributed by atoms with Crippen LogP contribution in [-0.4, -0.2) is 56.3 Å². The Hall–Kier alpha value is -2.66. The van der Waals surface area contributed by atoms with E-state index >= 15 is 0 Å². The monoisotopic (exact) mass is 428 g/mol. The van der Waals surface area contributed by atoms with Crippen LogP contribution in [0.3, 0.4) is 0 Å². The van der Waals surface area contributed by atoms with Crippen molar-refractivity contribution in [2.75, 3.05) is 7.05 Å². The van der Waals surface area contributed by atoms with E-state index in [1.165, 1.54) is 24.8 Å². The molecule has 1 aliphatic carbocycles. The van der Waals surface area contributed by atoms with Gasteiger partial charge in [0.1, 0.15) is 11.3 Å². The molecule has 6 rings (SSSR count). The molecular formula is C27H32N4O. The van der Waals surface area contributed by atoms with Gasteiger partial charge in [-0.2, -0.15) is 0 Å². The molecule has 2 aromatic heterocycles. The van der Waals surface area contributed by atoms with Gasteiger partial charge in [-0.15, -0.1) is 0 Å². The van der Waals surface area contributed by atoms with Crippen LogP contribution in [0.1, 0.15) is 54.4 Å². The highest BCUT2D eigenvalue weighted by molar-refractivity contribution is 5.93. The summed E-state index contributed by atoms with van der Waals surface area (Å²) < 4.78 is 2.04. The lowest BCUT2D eigenvalue weighted by molar-refractivity contribution is -0.0114. The number of benzene rings is 1. The molecule has 1 amide bonds. The van der Waals surface area contributed by atoms with Crippen LogP contribution in [0, 0.1) is 12.3 Å². The highest BCUT2D eigenvalue weighted by Gasteiger charge is 2.62. The molecule has 2 bridgehead atoms. The third kappa shape index (κ3) is 2.80. The fourth-order valence-electron chi connectivity index (χ4n) is 7.20. The molecule has 3 fully saturated rings. The van der Waals surface area contributed by atoms with E-state index in [4.69, 9.17) is 4.98 Å². The molecule has 5 heteroatoms. The first kappa shape index (κ1) is 20.0. The molecular weight excluding hydrogens is 396 g/mol. The van der Waals surface area contributed by atoms with Crippen LogP contribution < -0.4 is 0 Å². The number of carbonyl (C=O) groups excluding carboxylic acids is 1. The van der Waals surface area contributed by atoms with Crippen molar-refractivity contribution in [3.63, 3.8) is 0 Å². The standard InChI is InChI=1S/C27H32N4O/c1-18-9-7-14-25-28-20(17-30(18)25)26(32)31-21(15-19-10-5-4-6-11-19)22-16-27(2)23(29(22)3)12-8-13-24(27)31/h4-7,9-11,14,17,21-24H,8,12-13,15-16H2,1-3H3/t21-,22+,23+,24-,27+/m1/s1. The molecule has 1 aromatic carbocycles. The Labute approximate surface area is 190 Å². The van der Waals surface area contributed by atoms with Gasteiger partial charge in [0.2, 0.25) is 0 Å². The fraction of sp³-hybridized carbons (Fsp3) is 0.481. The number of aromatic nitrogens is 2. The highest BCUT2D eigenvalue weighted by Crippen LogP contribution is 2.56. The number of likely N-dealkylation sites (N-methyl/N-ethyl adjacent to an activating group) is 1. The molecule has 5 nitrogen and oxygen atoms in total. The predicted octanol–water partition coefficient (Wildman–Crippen LogP) is 4.34. The van der Waals surface area contributed by atoms with Gasteiger partial charge in [-0.25, -0.2) is 4.98 Å². The first-order chi connectivity index (χ1) is 15.5. The van der Waals surface area contributed by atoms with Crippen molar-refractivity contribution in [3.05, 3.63) is 71.7 Å². The first-order valence-electron chi connectivity index (χ1n) is 12.0. The molecule has 5 atom stereocenters. The van der Waals surface area contributed by atoms with E-state index in [2.05, 4.69) is 67.1 Å². The first-order valence-corrected chi connectivity index (χ1v) is 12.0. The minimum absolute atomic E-state index is 0.103. The van der Waals surface area contributed by atoms with Crippen molar-refractivity contribution >= 4 is 11.6 Å². The van der Waals surface area contributed by atoms with Crippen molar-refractivity contribution in [2.24, 2.45) is 5.41 Å². The Balaban J connectivity index is 1.45. The molecule has 32 heavy (non-hydrogen) atoms. The maximum atomic E-state index is 14.2. The number of hydrogen-bond acceptors (Lipinski definition) is 3. The van der Waals surface area contributed by atoms with Crippen LogP contribution in [-0.2, 0) is 6.42 Å². The zero-order chi connectivity index (χ0) is 22.0. The van der Waals surface area contributed by atoms with Gasteiger partial charge in [-0.05, 0) is 63.8 Å². The summed E-state index contributed by atoms with van der Waals surface area (Å²) >= 11 is 0. The molecule has 0 unspecified atom stereocenters. The number of imidazole rings is 1. The minimum atomic E-state index is 0.103. The molecule has 3 aliphatic rings. The summed E-state index contributed by atoms with van der Waals surface area (Å²) in [4.78, 5) is 23.8. The molecule has 4 heterocycles. The lowest BCUT2D eigenvalue weighted by Gasteiger charge is -2.53. The molecule has 3 aromatic rings. The summed E-state index contributed by atoms with van der Waals surface area (Å²) in [5, 5.41) is 0. The number of hydrogen-bond donors (Lipinski definition) is 0. The van der Waals surface area contributed by atoms with Crippen molar-refractivity contribution < 1.29 is 4.79 Å². The number of nitrogens with zero attached hydrogens (tertiary/aromatic N) is 4. The Morgan fingerprint density at radius 2 is 1.88 bits per heavy atom. The molecule has 2 aliphatic heterocycles. The van der Waals surface area contributed by atoms with Crippen molar-refractivity contribution in [2.45, 2.75) is 70.1 Å². The van der Waals surface area contributed by atoms with E-state index in [1.54, 1.807) is 0 Å². The van der Waals surface area contributed by atoms with Gasteiger partial charge >= 0.3 is 0 Å². The van der Waals surface area contributed by atoms with Crippen LogP contribution in [0.4, 0.5) is 0 Å². The molecule has 166 valence electrons. The van der Waals surface area contributed by atoms with Crippen LogP contribution in [0.15, 0.2) is 54.7 Å². The summed E-state index contributed by atoms with van der Waals surface area (Å²) in [6.07, 6.45) is 7.55. The summed E-state index contributed by atoms with van der Waals surface area (Å²) in [5.41, 5.74) is 3.98. The lowest BCUT2D eigenvalue weighted by atomic mass is 9.64. The van der Waals surface area contributed by atoms with Gasteiger partial charge in [0.25, 0.3) is 5.91 Å². The Kier molecular flexibility index (Phi) is 4.48. The number of piperidine rings is 1. The van der Waals surface area contributed by atoms with Crippen LogP contribution in [0.25, 0.3) is 5.65 Å². The summed E-state index contributed by atoms with van der Waals surface area (Å²) in [7, 11) is 2.29. The van der Waals surface area contributed by atoms with Gasteiger partial charge in [0, 0.05) is 35.4 Å². The molecule has 1 saturated carbocycles. The minimum Gasteiger partial charge on any atom is -0.329 e. The number of fused-ring (bicyclic) bond motifs is 2. The lowest BCUT2D eigenvalue weighted by Crippen LogP contribution is -2.62. The number of amides is 1. The quantitative estimate of drug-likeness (QED) is 0.623. The number of likely N-dealkylation sites (tertiary alicyclic amines) is 2. The van der Waals surface area contributed by atoms with Crippen LogP contribution in [0.5, 0.6) is 0 Å². The molecule has 0 radical (unpaired) electrons. The largest absolute Gasteiger partial charge is 0.329 e. The number of carbonyl (C=O) groups is 1. The number of rotatable bonds is 3. The van der Waals surface area contributed by atoms with Crippen LogP contribution >= 0.6 is 0 Å². The maximum absolute atomic E-state index is 14.2. The number of aryl methyl sites for hydroxylation is 1. The Morgan fingerprint density at radius 1 is 1.09 bits per heavy atom. The zero-order valence-electron chi connectivity index (χ0n) is 19.2. The second-order valence-electron chi connectivity index (χ2n) is 10.4. The van der Waals surface area contributed by atoms with Gasteiger partial charge in [0.15, 0.2) is 0 Å². The normalized spacial score (nSPS) is 31.9. The van der Waals surface area contributed by atoms with E-state index < -0.39 is 0 Å². The summed E-state index contributed by atoms with van der Waals surface area (Å²) in [6.45, 7) is 4.49. The summed E-state index contributed by atoms with van der Waals surface area (Å²) in [5.74, 6) is 0.103.